The van der Waals surface area contributed by atoms with Crippen LogP contribution >= 0.6 is 43.5 Å². The molecule has 0 radical (unpaired) electrons. The van der Waals surface area contributed by atoms with Gasteiger partial charge in [0.15, 0.2) is 5.78 Å². The van der Waals surface area contributed by atoms with Gasteiger partial charge in [-0.3, -0.25) is 4.79 Å². The van der Waals surface area contributed by atoms with E-state index in [0.29, 0.717) is 16.1 Å². The maximum atomic E-state index is 13.6. The second-order valence-electron chi connectivity index (χ2n) is 3.96. The predicted octanol–water partition coefficient (Wildman–Crippen LogP) is 5.43. The zero-order valence-electron chi connectivity index (χ0n) is 9.59. The Balaban J connectivity index is 2.25. The molecular weight excluding hydrogens is 398 g/mol. The number of carbonyl (C=O) groups excluding carboxylic acids is 1. The van der Waals surface area contributed by atoms with E-state index in [2.05, 4.69) is 31.9 Å². The van der Waals surface area contributed by atoms with Crippen LogP contribution in [0.2, 0.25) is 5.02 Å². The molecule has 0 spiro atoms. The molecule has 0 aliphatic heterocycles. The number of hydrogen-bond acceptors (Lipinski definition) is 1. The lowest BCUT2D eigenvalue weighted by Gasteiger charge is -2.05. The Morgan fingerprint density at radius 3 is 2.58 bits per heavy atom. The minimum atomic E-state index is -0.389. The Morgan fingerprint density at radius 1 is 1.16 bits per heavy atom. The van der Waals surface area contributed by atoms with Crippen LogP contribution in [0.4, 0.5) is 4.39 Å². The van der Waals surface area contributed by atoms with Gasteiger partial charge in [-0.25, -0.2) is 4.39 Å². The number of benzene rings is 2. The molecule has 19 heavy (non-hydrogen) atoms. The molecule has 2 aromatic carbocycles. The average Bonchev–Trinajstić information content (AvgIpc) is 2.37. The predicted molar refractivity (Wildman–Crippen MR) is 81.3 cm³/mol. The summed E-state index contributed by atoms with van der Waals surface area (Å²) in [6, 6.07) is 9.47. The molecule has 5 heteroatoms. The summed E-state index contributed by atoms with van der Waals surface area (Å²) in [4.78, 5) is 12.1. The van der Waals surface area contributed by atoms with E-state index >= 15 is 0 Å². The number of Topliss-reactive ketones (excluding diaryl/α,β-unsaturated/α-hetero) is 1. The summed E-state index contributed by atoms with van der Waals surface area (Å²) in [5, 5.41) is 0.459. The maximum Gasteiger partial charge on any atom is 0.167 e. The third kappa shape index (κ3) is 3.65. The Morgan fingerprint density at radius 2 is 1.89 bits per heavy atom. The lowest BCUT2D eigenvalue weighted by molar-refractivity contribution is 0.0992. The van der Waals surface area contributed by atoms with E-state index in [9.17, 15) is 9.18 Å². The topological polar surface area (TPSA) is 17.1 Å². The van der Waals surface area contributed by atoms with Gasteiger partial charge in [-0.2, -0.15) is 0 Å². The average molecular weight is 406 g/mol. The van der Waals surface area contributed by atoms with Crippen molar-refractivity contribution < 1.29 is 9.18 Å². The first kappa shape index (κ1) is 14.7. The summed E-state index contributed by atoms with van der Waals surface area (Å²) in [7, 11) is 0. The molecule has 98 valence electrons. The molecule has 0 fully saturated rings. The number of halogens is 4. The third-order valence-corrected chi connectivity index (χ3v) is 4.33. The van der Waals surface area contributed by atoms with E-state index in [1.165, 1.54) is 6.07 Å². The third-order valence-electron chi connectivity index (χ3n) is 2.60. The second kappa shape index (κ2) is 6.16. The van der Waals surface area contributed by atoms with Gasteiger partial charge in [-0.15, -0.1) is 0 Å². The lowest BCUT2D eigenvalue weighted by atomic mass is 10.0. The molecule has 0 bridgehead atoms. The van der Waals surface area contributed by atoms with E-state index in [-0.39, 0.29) is 18.0 Å². The van der Waals surface area contributed by atoms with Gasteiger partial charge in [0.2, 0.25) is 0 Å². The van der Waals surface area contributed by atoms with Crippen molar-refractivity contribution in [3.05, 3.63) is 67.3 Å². The molecule has 0 unspecified atom stereocenters. The van der Waals surface area contributed by atoms with Gasteiger partial charge in [0.1, 0.15) is 5.82 Å². The molecule has 0 saturated carbocycles. The van der Waals surface area contributed by atoms with E-state index < -0.39 is 0 Å². The Hall–Kier alpha value is -0.710. The first-order chi connectivity index (χ1) is 8.97. The minimum absolute atomic E-state index is 0.00321. The van der Waals surface area contributed by atoms with E-state index in [1.807, 2.05) is 0 Å². The van der Waals surface area contributed by atoms with Crippen LogP contribution in [-0.4, -0.2) is 5.78 Å². The molecule has 2 aromatic rings. The van der Waals surface area contributed by atoms with Gasteiger partial charge in [0, 0.05) is 20.9 Å². The molecule has 0 heterocycles. The summed E-state index contributed by atoms with van der Waals surface area (Å²) in [6.07, 6.45) is 0.00321. The van der Waals surface area contributed by atoms with Crippen molar-refractivity contribution in [2.75, 3.05) is 0 Å². The van der Waals surface area contributed by atoms with Gasteiger partial charge in [-0.1, -0.05) is 33.6 Å². The summed E-state index contributed by atoms with van der Waals surface area (Å²) in [6.45, 7) is 0. The number of rotatable bonds is 3. The van der Waals surface area contributed by atoms with Gasteiger partial charge in [-0.05, 0) is 51.8 Å². The van der Waals surface area contributed by atoms with Crippen LogP contribution in [0.25, 0.3) is 0 Å². The van der Waals surface area contributed by atoms with Crippen LogP contribution in [-0.2, 0) is 6.42 Å². The van der Waals surface area contributed by atoms with Crippen molar-refractivity contribution in [3.63, 3.8) is 0 Å². The van der Waals surface area contributed by atoms with Gasteiger partial charge in [0.05, 0.1) is 5.02 Å². The SMILES string of the molecule is O=C(Cc1cc(Br)ccc1F)c1ccc(Br)c(Cl)c1. The Kier molecular flexibility index (Phi) is 4.76. The van der Waals surface area contributed by atoms with Crippen LogP contribution < -0.4 is 0 Å². The molecule has 0 aromatic heterocycles. The second-order valence-corrected chi connectivity index (χ2v) is 6.14. The highest BCUT2D eigenvalue weighted by atomic mass is 79.9. The molecule has 0 aliphatic carbocycles. The highest BCUT2D eigenvalue weighted by Gasteiger charge is 2.12. The molecule has 0 atom stereocenters. The van der Waals surface area contributed by atoms with E-state index in [0.717, 1.165) is 8.95 Å². The fourth-order valence-electron chi connectivity index (χ4n) is 1.62. The molecule has 1 nitrogen and oxygen atoms in total. The number of ketones is 1. The summed E-state index contributed by atoms with van der Waals surface area (Å²) >= 11 is 12.5. The Labute approximate surface area is 132 Å². The van der Waals surface area contributed by atoms with E-state index in [4.69, 9.17) is 11.6 Å². The highest BCUT2D eigenvalue weighted by molar-refractivity contribution is 9.10. The number of carbonyl (C=O) groups is 1. The molecule has 0 amide bonds. The molecule has 2 rings (SSSR count). The van der Waals surface area contributed by atoms with Gasteiger partial charge < -0.3 is 0 Å². The fourth-order valence-corrected chi connectivity index (χ4v) is 2.46. The van der Waals surface area contributed by atoms with E-state index in [1.54, 1.807) is 30.3 Å². The van der Waals surface area contributed by atoms with Crippen LogP contribution in [0.15, 0.2) is 45.3 Å². The molecule has 0 saturated heterocycles. The number of hydrogen-bond donors (Lipinski definition) is 0. The van der Waals surface area contributed by atoms with Gasteiger partial charge in [0.25, 0.3) is 0 Å². The molecule has 0 aliphatic rings. The van der Waals surface area contributed by atoms with Crippen molar-refractivity contribution in [2.45, 2.75) is 6.42 Å². The van der Waals surface area contributed by atoms with Gasteiger partial charge >= 0.3 is 0 Å². The van der Waals surface area contributed by atoms with Crippen molar-refractivity contribution in [2.24, 2.45) is 0 Å². The van der Waals surface area contributed by atoms with Crippen molar-refractivity contribution in [1.29, 1.82) is 0 Å². The molecule has 0 N–H and O–H groups in total. The zero-order chi connectivity index (χ0) is 14.0. The zero-order valence-corrected chi connectivity index (χ0v) is 13.5. The standard InChI is InChI=1S/C14H8Br2ClFO/c15-10-2-4-13(18)9(5-10)7-14(19)8-1-3-11(16)12(17)6-8/h1-6H,7H2. The largest absolute Gasteiger partial charge is 0.294 e. The first-order valence-electron chi connectivity index (χ1n) is 5.39. The highest BCUT2D eigenvalue weighted by Crippen LogP contribution is 2.24. The normalized spacial score (nSPS) is 10.5. The van der Waals surface area contributed by atoms with Crippen LogP contribution in [0.1, 0.15) is 15.9 Å². The Bertz CT molecular complexity index is 643. The van der Waals surface area contributed by atoms with Crippen molar-refractivity contribution >= 4 is 49.2 Å². The lowest BCUT2D eigenvalue weighted by Crippen LogP contribution is -2.05. The van der Waals surface area contributed by atoms with Crippen LogP contribution in [0.3, 0.4) is 0 Å². The van der Waals surface area contributed by atoms with Crippen molar-refractivity contribution in [1.82, 2.24) is 0 Å². The molecular formula is C14H8Br2ClFO. The fraction of sp³-hybridized carbons (Fsp3) is 0.0714. The smallest absolute Gasteiger partial charge is 0.167 e. The summed E-state index contributed by atoms with van der Waals surface area (Å²) < 4.78 is 15.0. The summed E-state index contributed by atoms with van der Waals surface area (Å²) in [5.74, 6) is -0.564. The van der Waals surface area contributed by atoms with Crippen LogP contribution in [0.5, 0.6) is 0 Å². The maximum absolute atomic E-state index is 13.6. The summed E-state index contributed by atoms with van der Waals surface area (Å²) in [5.41, 5.74) is 0.825. The van der Waals surface area contributed by atoms with Crippen molar-refractivity contribution in [3.8, 4) is 0 Å². The van der Waals surface area contributed by atoms with Crippen LogP contribution in [0, 0.1) is 5.82 Å². The minimum Gasteiger partial charge on any atom is -0.294 e. The quantitative estimate of drug-likeness (QED) is 0.621. The first-order valence-corrected chi connectivity index (χ1v) is 7.36. The monoisotopic (exact) mass is 404 g/mol.